The molecule has 0 unspecified atom stereocenters. The fraction of sp³-hybridized carbons (Fsp3) is 0.467. The maximum atomic E-state index is 5.41. The van der Waals surface area contributed by atoms with Gasteiger partial charge in [0, 0.05) is 13.1 Å². The number of rotatable bonds is 2. The standard InChI is InChI=1S/C15H21N3OS/c1-3-14(20-2)17-15(18-9-11-19-12-10-18)16-13-7-5-4-6-8-13/h4-8H,3,9-12H2,1-2H3/b16-15?,17-14+. The van der Waals surface area contributed by atoms with Crippen LogP contribution >= 0.6 is 11.8 Å². The molecule has 1 heterocycles. The third-order valence-electron chi connectivity index (χ3n) is 3.04. The van der Waals surface area contributed by atoms with E-state index in [0.717, 1.165) is 49.4 Å². The Balaban J connectivity index is 2.28. The molecule has 2 rings (SSSR count). The molecular formula is C15H21N3OS. The first kappa shape index (κ1) is 15.1. The summed E-state index contributed by atoms with van der Waals surface area (Å²) in [6.45, 7) is 5.30. The molecule has 20 heavy (non-hydrogen) atoms. The molecule has 5 heteroatoms. The van der Waals surface area contributed by atoms with Gasteiger partial charge in [0.05, 0.1) is 23.9 Å². The lowest BCUT2D eigenvalue weighted by molar-refractivity contribution is 0.0676. The van der Waals surface area contributed by atoms with Crippen LogP contribution in [0.3, 0.4) is 0 Å². The van der Waals surface area contributed by atoms with Gasteiger partial charge >= 0.3 is 0 Å². The molecule has 0 spiro atoms. The summed E-state index contributed by atoms with van der Waals surface area (Å²) >= 11 is 1.68. The van der Waals surface area contributed by atoms with Crippen LogP contribution in [-0.2, 0) is 4.74 Å². The summed E-state index contributed by atoms with van der Waals surface area (Å²) in [5.74, 6) is 0.797. The number of thioether (sulfide) groups is 1. The molecule has 0 N–H and O–H groups in total. The van der Waals surface area contributed by atoms with E-state index in [1.54, 1.807) is 11.8 Å². The van der Waals surface area contributed by atoms with Gasteiger partial charge in [0.15, 0.2) is 0 Å². The SMILES string of the molecule is CC/C(=N\C(=Nc1ccccc1)N1CCOCC1)SC. The fourth-order valence-electron chi connectivity index (χ4n) is 1.93. The predicted molar refractivity (Wildman–Crippen MR) is 87.2 cm³/mol. The Morgan fingerprint density at radius 2 is 1.95 bits per heavy atom. The minimum Gasteiger partial charge on any atom is -0.378 e. The number of hydrogen-bond donors (Lipinski definition) is 0. The zero-order valence-electron chi connectivity index (χ0n) is 12.1. The lowest BCUT2D eigenvalue weighted by Gasteiger charge is -2.27. The fourth-order valence-corrected chi connectivity index (χ4v) is 2.39. The zero-order chi connectivity index (χ0) is 14.2. The minimum atomic E-state index is 0.740. The average Bonchev–Trinajstić information content (AvgIpc) is 2.53. The van der Waals surface area contributed by atoms with Gasteiger partial charge in [-0.05, 0) is 24.8 Å². The summed E-state index contributed by atoms with van der Waals surface area (Å²) in [6, 6.07) is 9.99. The van der Waals surface area contributed by atoms with Crippen molar-refractivity contribution in [2.24, 2.45) is 9.98 Å². The highest BCUT2D eigenvalue weighted by molar-refractivity contribution is 8.13. The van der Waals surface area contributed by atoms with Crippen molar-refractivity contribution in [3.05, 3.63) is 30.3 Å². The van der Waals surface area contributed by atoms with Crippen LogP contribution in [0.1, 0.15) is 13.3 Å². The molecule has 0 saturated carbocycles. The molecule has 0 bridgehead atoms. The Bertz CT molecular complexity index is 461. The Morgan fingerprint density at radius 1 is 1.25 bits per heavy atom. The number of para-hydroxylation sites is 1. The molecule has 1 aliphatic heterocycles. The molecule has 0 amide bonds. The second-order valence-electron chi connectivity index (χ2n) is 4.41. The molecule has 1 aromatic carbocycles. The van der Waals surface area contributed by atoms with Crippen molar-refractivity contribution >= 4 is 28.5 Å². The second-order valence-corrected chi connectivity index (χ2v) is 5.29. The Kier molecular flexibility index (Phi) is 6.08. The molecule has 1 aromatic rings. The number of ether oxygens (including phenoxy) is 1. The first-order valence-electron chi connectivity index (χ1n) is 6.91. The van der Waals surface area contributed by atoms with E-state index in [-0.39, 0.29) is 0 Å². The highest BCUT2D eigenvalue weighted by atomic mass is 32.2. The number of benzene rings is 1. The molecule has 1 saturated heterocycles. The lowest BCUT2D eigenvalue weighted by Crippen LogP contribution is -2.40. The van der Waals surface area contributed by atoms with Crippen molar-refractivity contribution in [3.8, 4) is 0 Å². The van der Waals surface area contributed by atoms with Crippen LogP contribution in [0.5, 0.6) is 0 Å². The van der Waals surface area contributed by atoms with Crippen molar-refractivity contribution in [2.75, 3.05) is 32.6 Å². The van der Waals surface area contributed by atoms with Gasteiger partial charge in [0.1, 0.15) is 0 Å². The van der Waals surface area contributed by atoms with Crippen LogP contribution in [-0.4, -0.2) is 48.5 Å². The van der Waals surface area contributed by atoms with Gasteiger partial charge in [0.25, 0.3) is 0 Å². The van der Waals surface area contributed by atoms with Crippen molar-refractivity contribution in [1.82, 2.24) is 4.90 Å². The number of hydrogen-bond acceptors (Lipinski definition) is 3. The molecule has 1 fully saturated rings. The van der Waals surface area contributed by atoms with Crippen LogP contribution in [0.15, 0.2) is 40.3 Å². The highest BCUT2D eigenvalue weighted by Crippen LogP contribution is 2.14. The smallest absolute Gasteiger partial charge is 0.226 e. The summed E-state index contributed by atoms with van der Waals surface area (Å²) < 4.78 is 5.41. The van der Waals surface area contributed by atoms with Crippen LogP contribution in [0, 0.1) is 0 Å². The van der Waals surface area contributed by atoms with Crippen LogP contribution in [0.2, 0.25) is 0 Å². The van der Waals surface area contributed by atoms with Gasteiger partial charge in [0.2, 0.25) is 5.96 Å². The van der Waals surface area contributed by atoms with E-state index >= 15 is 0 Å². The average molecular weight is 291 g/mol. The third kappa shape index (κ3) is 4.35. The monoisotopic (exact) mass is 291 g/mol. The van der Waals surface area contributed by atoms with Crippen molar-refractivity contribution in [3.63, 3.8) is 0 Å². The van der Waals surface area contributed by atoms with Gasteiger partial charge < -0.3 is 9.64 Å². The highest BCUT2D eigenvalue weighted by Gasteiger charge is 2.15. The van der Waals surface area contributed by atoms with Gasteiger partial charge in [-0.15, -0.1) is 11.8 Å². The van der Waals surface area contributed by atoms with Crippen molar-refractivity contribution < 1.29 is 4.74 Å². The summed E-state index contributed by atoms with van der Waals surface area (Å²) in [6.07, 6.45) is 2.99. The van der Waals surface area contributed by atoms with Crippen LogP contribution in [0.25, 0.3) is 0 Å². The second kappa shape index (κ2) is 8.07. The summed E-state index contributed by atoms with van der Waals surface area (Å²) in [5.41, 5.74) is 0.939. The lowest BCUT2D eigenvalue weighted by atomic mass is 10.3. The number of aliphatic imine (C=N–C) groups is 2. The molecule has 0 atom stereocenters. The van der Waals surface area contributed by atoms with E-state index in [1.165, 1.54) is 0 Å². The molecule has 4 nitrogen and oxygen atoms in total. The van der Waals surface area contributed by atoms with Crippen LogP contribution in [0.4, 0.5) is 5.69 Å². The number of guanidine groups is 1. The van der Waals surface area contributed by atoms with Gasteiger partial charge in [-0.1, -0.05) is 25.1 Å². The normalized spacial score (nSPS) is 17.4. The van der Waals surface area contributed by atoms with Gasteiger partial charge in [-0.2, -0.15) is 0 Å². The molecule has 1 aliphatic rings. The minimum absolute atomic E-state index is 0.740. The Hall–Kier alpha value is -1.33. The summed E-state index contributed by atoms with van der Waals surface area (Å²) in [7, 11) is 0. The van der Waals surface area contributed by atoms with E-state index < -0.39 is 0 Å². The predicted octanol–water partition coefficient (Wildman–Crippen LogP) is 3.18. The van der Waals surface area contributed by atoms with E-state index in [0.29, 0.717) is 0 Å². The zero-order valence-corrected chi connectivity index (χ0v) is 12.9. The summed E-state index contributed by atoms with van der Waals surface area (Å²) in [5, 5.41) is 1.10. The first-order chi connectivity index (χ1) is 9.83. The molecule has 108 valence electrons. The largest absolute Gasteiger partial charge is 0.378 e. The topological polar surface area (TPSA) is 37.2 Å². The van der Waals surface area contributed by atoms with Crippen molar-refractivity contribution in [2.45, 2.75) is 13.3 Å². The van der Waals surface area contributed by atoms with E-state index in [9.17, 15) is 0 Å². The molecular weight excluding hydrogens is 270 g/mol. The van der Waals surface area contributed by atoms with E-state index in [2.05, 4.69) is 18.1 Å². The maximum Gasteiger partial charge on any atom is 0.226 e. The Morgan fingerprint density at radius 3 is 2.55 bits per heavy atom. The summed E-state index contributed by atoms with van der Waals surface area (Å²) in [4.78, 5) is 11.6. The first-order valence-corrected chi connectivity index (χ1v) is 8.14. The molecule has 0 aliphatic carbocycles. The number of nitrogens with zero attached hydrogens (tertiary/aromatic N) is 3. The quantitative estimate of drug-likeness (QED) is 0.620. The molecule has 0 aromatic heterocycles. The van der Waals surface area contributed by atoms with Crippen LogP contribution < -0.4 is 0 Å². The van der Waals surface area contributed by atoms with Gasteiger partial charge in [-0.3, -0.25) is 0 Å². The third-order valence-corrected chi connectivity index (χ3v) is 3.89. The van der Waals surface area contributed by atoms with Gasteiger partial charge in [-0.25, -0.2) is 9.98 Å². The van der Waals surface area contributed by atoms with Crippen molar-refractivity contribution in [1.29, 1.82) is 0 Å². The number of morpholine rings is 1. The van der Waals surface area contributed by atoms with E-state index in [1.807, 2.05) is 30.3 Å². The maximum absolute atomic E-state index is 5.41. The van der Waals surface area contributed by atoms with E-state index in [4.69, 9.17) is 14.7 Å². The molecule has 0 radical (unpaired) electrons. The Labute approximate surface area is 124 Å².